The fourth-order valence-corrected chi connectivity index (χ4v) is 0.484. The van der Waals surface area contributed by atoms with Crippen LogP contribution in [-0.2, 0) is 4.74 Å². The normalized spacial score (nSPS) is 12.0. The summed E-state index contributed by atoms with van der Waals surface area (Å²) in [6.45, 7) is 10.1. The summed E-state index contributed by atoms with van der Waals surface area (Å²) in [4.78, 5) is 0. The molecule has 0 aromatic carbocycles. The Morgan fingerprint density at radius 3 is 2.58 bits per heavy atom. The van der Waals surface area contributed by atoms with Gasteiger partial charge in [0.1, 0.15) is 0 Å². The van der Waals surface area contributed by atoms with E-state index in [1.807, 2.05) is 20.8 Å². The number of hydrogen-bond acceptors (Lipinski definition) is 2. The first-order valence-corrected chi connectivity index (χ1v) is 4.02. The molecule has 0 aliphatic heterocycles. The zero-order valence-corrected chi connectivity index (χ0v) is 8.13. The van der Waals surface area contributed by atoms with Crippen LogP contribution >= 0.6 is 0 Å². The van der Waals surface area contributed by atoms with Gasteiger partial charge in [-0.3, -0.25) is 0 Å². The molecule has 0 aliphatic carbocycles. The number of aliphatic hydroxyl groups excluding tert-OH is 1. The Morgan fingerprint density at radius 1 is 1.58 bits per heavy atom. The van der Waals surface area contributed by atoms with Crippen molar-refractivity contribution in [1.29, 1.82) is 0 Å². The lowest BCUT2D eigenvalue weighted by atomic mass is 9.97. The lowest BCUT2D eigenvalue weighted by Gasteiger charge is -2.19. The molecule has 0 unspecified atom stereocenters. The van der Waals surface area contributed by atoms with E-state index in [0.29, 0.717) is 6.61 Å². The molecule has 0 amide bonds. The lowest BCUT2D eigenvalue weighted by molar-refractivity contribution is 0.0749. The van der Waals surface area contributed by atoms with Gasteiger partial charge >= 0.3 is 0 Å². The summed E-state index contributed by atoms with van der Waals surface area (Å²) in [5.74, 6) is 0. The monoisotopic (exact) mass is 170 g/mol. The fourth-order valence-electron chi connectivity index (χ4n) is 0.484. The maximum absolute atomic E-state index is 8.88. The second-order valence-corrected chi connectivity index (χ2v) is 3.78. The average molecular weight is 170 g/mol. The Bertz CT molecular complexity index is 169. The highest BCUT2D eigenvalue weighted by atomic mass is 16.5. The van der Waals surface area contributed by atoms with Crippen LogP contribution in [0.3, 0.4) is 0 Å². The van der Waals surface area contributed by atoms with Gasteiger partial charge in [-0.25, -0.2) is 0 Å². The predicted molar refractivity (Wildman–Crippen MR) is 50.8 cm³/mol. The molecule has 0 aromatic heterocycles. The van der Waals surface area contributed by atoms with E-state index in [9.17, 15) is 0 Å². The number of hydrogen-bond donors (Lipinski definition) is 1. The summed E-state index contributed by atoms with van der Waals surface area (Å²) in [5, 5.41) is 8.88. The summed E-state index contributed by atoms with van der Waals surface area (Å²) in [6.07, 6.45) is 3.41. The second kappa shape index (κ2) is 4.99. The molecule has 0 aromatic rings. The Kier molecular flexibility index (Phi) is 4.67. The highest BCUT2D eigenvalue weighted by Gasteiger charge is 2.15. The summed E-state index contributed by atoms with van der Waals surface area (Å²) in [5.41, 5.74) is 0.788. The lowest BCUT2D eigenvalue weighted by Crippen LogP contribution is -2.22. The van der Waals surface area contributed by atoms with Gasteiger partial charge in [-0.2, -0.15) is 0 Å². The van der Waals surface area contributed by atoms with Crippen LogP contribution in [0.1, 0.15) is 20.8 Å². The molecule has 0 bridgehead atoms. The standard InChI is InChI=1S/C10H18O2/c1-9(2)5-6-12-8-10(3,4)7-11/h5-6,11H,1,7-8H2,2-4H3/b6-5+. The van der Waals surface area contributed by atoms with Crippen molar-refractivity contribution in [3.05, 3.63) is 24.5 Å². The molecule has 0 fully saturated rings. The summed E-state index contributed by atoms with van der Waals surface area (Å²) in [6, 6.07) is 0. The van der Waals surface area contributed by atoms with E-state index in [1.165, 1.54) is 0 Å². The molecule has 0 heterocycles. The third-order valence-electron chi connectivity index (χ3n) is 1.35. The van der Waals surface area contributed by atoms with E-state index in [0.717, 1.165) is 5.57 Å². The number of allylic oxidation sites excluding steroid dienone is 2. The van der Waals surface area contributed by atoms with Crippen molar-refractivity contribution in [2.45, 2.75) is 20.8 Å². The van der Waals surface area contributed by atoms with Crippen LogP contribution in [0, 0.1) is 5.41 Å². The molecular formula is C10H18O2. The number of ether oxygens (including phenoxy) is 1. The van der Waals surface area contributed by atoms with Crippen molar-refractivity contribution < 1.29 is 9.84 Å². The Morgan fingerprint density at radius 2 is 2.17 bits per heavy atom. The Balaban J connectivity index is 3.63. The van der Waals surface area contributed by atoms with Gasteiger partial charge in [0.05, 0.1) is 19.5 Å². The van der Waals surface area contributed by atoms with Crippen molar-refractivity contribution in [1.82, 2.24) is 0 Å². The molecule has 0 rings (SSSR count). The summed E-state index contributed by atoms with van der Waals surface area (Å²) < 4.78 is 5.20. The van der Waals surface area contributed by atoms with Crippen LogP contribution in [0.5, 0.6) is 0 Å². The number of rotatable bonds is 5. The summed E-state index contributed by atoms with van der Waals surface area (Å²) in [7, 11) is 0. The van der Waals surface area contributed by atoms with Crippen LogP contribution in [-0.4, -0.2) is 18.3 Å². The van der Waals surface area contributed by atoms with Gasteiger partial charge in [0.25, 0.3) is 0 Å². The third kappa shape index (κ3) is 5.98. The van der Waals surface area contributed by atoms with Crippen molar-refractivity contribution >= 4 is 0 Å². The number of aliphatic hydroxyl groups is 1. The molecule has 70 valence electrons. The zero-order valence-electron chi connectivity index (χ0n) is 8.13. The minimum atomic E-state index is -0.167. The van der Waals surface area contributed by atoms with E-state index in [2.05, 4.69) is 6.58 Å². The van der Waals surface area contributed by atoms with Crippen molar-refractivity contribution in [2.24, 2.45) is 5.41 Å². The van der Waals surface area contributed by atoms with Gasteiger partial charge in [0.15, 0.2) is 0 Å². The Labute approximate surface area is 74.6 Å². The zero-order chi connectivity index (χ0) is 9.61. The minimum Gasteiger partial charge on any atom is -0.501 e. The van der Waals surface area contributed by atoms with Crippen LogP contribution < -0.4 is 0 Å². The van der Waals surface area contributed by atoms with Crippen LogP contribution in [0.2, 0.25) is 0 Å². The maximum atomic E-state index is 8.88. The first-order chi connectivity index (χ1) is 5.48. The van der Waals surface area contributed by atoms with E-state index in [4.69, 9.17) is 9.84 Å². The topological polar surface area (TPSA) is 29.5 Å². The van der Waals surface area contributed by atoms with E-state index in [-0.39, 0.29) is 12.0 Å². The van der Waals surface area contributed by atoms with Crippen molar-refractivity contribution in [3.63, 3.8) is 0 Å². The van der Waals surface area contributed by atoms with E-state index >= 15 is 0 Å². The quantitative estimate of drug-likeness (QED) is 0.506. The van der Waals surface area contributed by atoms with Crippen LogP contribution in [0.4, 0.5) is 0 Å². The molecule has 2 nitrogen and oxygen atoms in total. The molecule has 12 heavy (non-hydrogen) atoms. The minimum absolute atomic E-state index is 0.133. The second-order valence-electron chi connectivity index (χ2n) is 3.78. The smallest absolute Gasteiger partial charge is 0.0946 e. The van der Waals surface area contributed by atoms with Gasteiger partial charge in [-0.1, -0.05) is 26.0 Å². The van der Waals surface area contributed by atoms with E-state index < -0.39 is 0 Å². The van der Waals surface area contributed by atoms with Crippen molar-refractivity contribution in [3.8, 4) is 0 Å². The van der Waals surface area contributed by atoms with E-state index in [1.54, 1.807) is 12.3 Å². The molecule has 0 spiro atoms. The molecule has 0 aliphatic rings. The van der Waals surface area contributed by atoms with Crippen LogP contribution in [0.15, 0.2) is 24.5 Å². The van der Waals surface area contributed by atoms with Crippen molar-refractivity contribution in [2.75, 3.05) is 13.2 Å². The van der Waals surface area contributed by atoms with Gasteiger partial charge in [-0.15, -0.1) is 0 Å². The van der Waals surface area contributed by atoms with Gasteiger partial charge in [0.2, 0.25) is 0 Å². The van der Waals surface area contributed by atoms with Gasteiger partial charge in [0, 0.05) is 5.41 Å². The highest BCUT2D eigenvalue weighted by Crippen LogP contribution is 2.13. The predicted octanol–water partition coefficient (Wildman–Crippen LogP) is 2.11. The fraction of sp³-hybridized carbons (Fsp3) is 0.600. The maximum Gasteiger partial charge on any atom is 0.0946 e. The van der Waals surface area contributed by atoms with Gasteiger partial charge < -0.3 is 9.84 Å². The molecule has 0 radical (unpaired) electrons. The third-order valence-corrected chi connectivity index (χ3v) is 1.35. The molecule has 1 N–H and O–H groups in total. The molecule has 0 atom stereocenters. The molecule has 0 saturated carbocycles. The Hall–Kier alpha value is -0.760. The highest BCUT2D eigenvalue weighted by molar-refractivity contribution is 5.08. The van der Waals surface area contributed by atoms with Crippen LogP contribution in [0.25, 0.3) is 0 Å². The first-order valence-electron chi connectivity index (χ1n) is 4.02. The summed E-state index contributed by atoms with van der Waals surface area (Å²) >= 11 is 0. The molecule has 2 heteroatoms. The largest absolute Gasteiger partial charge is 0.501 e. The SMILES string of the molecule is C=C(C)/C=C/OCC(C)(C)CO. The molecular weight excluding hydrogens is 152 g/mol. The first kappa shape index (κ1) is 11.2. The molecule has 0 saturated heterocycles. The van der Waals surface area contributed by atoms with Gasteiger partial charge in [-0.05, 0) is 13.0 Å². The average Bonchev–Trinajstić information content (AvgIpc) is 1.98.